The lowest BCUT2D eigenvalue weighted by atomic mass is 10.2. The molecule has 1 aliphatic carbocycles. The predicted octanol–water partition coefficient (Wildman–Crippen LogP) is 3.77. The Morgan fingerprint density at radius 3 is 2.73 bits per heavy atom. The lowest BCUT2D eigenvalue weighted by Crippen LogP contribution is -2.29. The zero-order valence-corrected chi connectivity index (χ0v) is 13.6. The van der Waals surface area contributed by atoms with E-state index in [0.29, 0.717) is 11.7 Å². The van der Waals surface area contributed by atoms with E-state index >= 15 is 0 Å². The number of fused-ring (bicyclic) bond motifs is 1. The van der Waals surface area contributed by atoms with Crippen LogP contribution >= 0.6 is 11.8 Å². The largest absolute Gasteiger partial charge is 0.346 e. The van der Waals surface area contributed by atoms with Gasteiger partial charge in [-0.25, -0.2) is 0 Å². The van der Waals surface area contributed by atoms with Gasteiger partial charge in [0.15, 0.2) is 0 Å². The van der Waals surface area contributed by atoms with Gasteiger partial charge in [0.05, 0.1) is 5.75 Å². The number of carbonyl (C=O) groups is 1. The number of benzene rings is 1. The first-order valence-electron chi connectivity index (χ1n) is 8.30. The first-order chi connectivity index (χ1) is 10.8. The van der Waals surface area contributed by atoms with Crippen LogP contribution in [-0.2, 0) is 11.3 Å². The van der Waals surface area contributed by atoms with E-state index in [0.717, 1.165) is 38.4 Å². The molecule has 1 amide bonds. The molecule has 0 bridgehead atoms. The van der Waals surface area contributed by atoms with E-state index in [1.54, 1.807) is 11.8 Å². The standard InChI is InChI=1S/C18H22N2OS/c21-18(19-9-3-4-10-19)13-22-17-12-20(11-14-7-8-14)16-6-2-1-5-15(16)17/h1-2,5-6,12,14H,3-4,7-11,13H2. The van der Waals surface area contributed by atoms with E-state index in [4.69, 9.17) is 0 Å². The summed E-state index contributed by atoms with van der Waals surface area (Å²) in [6.45, 7) is 3.02. The van der Waals surface area contributed by atoms with Crippen LogP contribution in [0.4, 0.5) is 0 Å². The third-order valence-electron chi connectivity index (χ3n) is 4.71. The van der Waals surface area contributed by atoms with E-state index in [1.807, 2.05) is 4.90 Å². The summed E-state index contributed by atoms with van der Waals surface area (Å²) in [5.74, 6) is 1.72. The lowest BCUT2D eigenvalue weighted by Gasteiger charge is -2.14. The number of aromatic nitrogens is 1. The van der Waals surface area contributed by atoms with Crippen molar-refractivity contribution in [2.24, 2.45) is 5.92 Å². The number of para-hydroxylation sites is 1. The Kier molecular flexibility index (Phi) is 3.87. The van der Waals surface area contributed by atoms with Gasteiger partial charge in [-0.05, 0) is 37.7 Å². The minimum absolute atomic E-state index is 0.293. The van der Waals surface area contributed by atoms with E-state index in [-0.39, 0.29) is 0 Å². The van der Waals surface area contributed by atoms with Crippen LogP contribution < -0.4 is 0 Å². The molecule has 2 aliphatic rings. The topological polar surface area (TPSA) is 25.2 Å². The van der Waals surface area contributed by atoms with Gasteiger partial charge in [0.25, 0.3) is 0 Å². The van der Waals surface area contributed by atoms with Gasteiger partial charge in [-0.3, -0.25) is 4.79 Å². The lowest BCUT2D eigenvalue weighted by molar-refractivity contribution is -0.127. The number of thioether (sulfide) groups is 1. The fraction of sp³-hybridized carbons (Fsp3) is 0.500. The van der Waals surface area contributed by atoms with Crippen LogP contribution in [0.3, 0.4) is 0 Å². The summed E-state index contributed by atoms with van der Waals surface area (Å²) in [5.41, 5.74) is 1.31. The molecule has 2 heterocycles. The first-order valence-corrected chi connectivity index (χ1v) is 9.28. The highest BCUT2D eigenvalue weighted by atomic mass is 32.2. The highest BCUT2D eigenvalue weighted by Gasteiger charge is 2.23. The Labute approximate surface area is 135 Å². The second kappa shape index (κ2) is 5.99. The van der Waals surface area contributed by atoms with Crippen molar-refractivity contribution in [1.29, 1.82) is 0 Å². The monoisotopic (exact) mass is 314 g/mol. The van der Waals surface area contributed by atoms with Crippen LogP contribution in [0.1, 0.15) is 25.7 Å². The summed E-state index contributed by atoms with van der Waals surface area (Å²) in [4.78, 5) is 15.5. The predicted molar refractivity (Wildman–Crippen MR) is 91.2 cm³/mol. The van der Waals surface area contributed by atoms with E-state index < -0.39 is 0 Å². The second-order valence-electron chi connectivity index (χ2n) is 6.48. The summed E-state index contributed by atoms with van der Waals surface area (Å²) >= 11 is 1.70. The van der Waals surface area contributed by atoms with E-state index in [1.165, 1.54) is 28.6 Å². The second-order valence-corrected chi connectivity index (χ2v) is 7.50. The van der Waals surface area contributed by atoms with Gasteiger partial charge in [0.1, 0.15) is 0 Å². The molecule has 0 atom stereocenters. The molecule has 1 aliphatic heterocycles. The van der Waals surface area contributed by atoms with Gasteiger partial charge in [-0.1, -0.05) is 18.2 Å². The van der Waals surface area contributed by atoms with E-state index in [2.05, 4.69) is 35.0 Å². The van der Waals surface area contributed by atoms with Gasteiger partial charge in [-0.2, -0.15) is 0 Å². The molecular formula is C18H22N2OS. The average molecular weight is 314 g/mol. The number of rotatable bonds is 5. The van der Waals surface area contributed by atoms with Crippen molar-refractivity contribution >= 4 is 28.6 Å². The highest BCUT2D eigenvalue weighted by molar-refractivity contribution is 8.00. The summed E-state index contributed by atoms with van der Waals surface area (Å²) in [7, 11) is 0. The van der Waals surface area contributed by atoms with Crippen molar-refractivity contribution < 1.29 is 4.79 Å². The maximum absolute atomic E-state index is 12.2. The van der Waals surface area contributed by atoms with Gasteiger partial charge in [0.2, 0.25) is 5.91 Å². The molecule has 4 heteroatoms. The fourth-order valence-corrected chi connectivity index (χ4v) is 4.25. The minimum Gasteiger partial charge on any atom is -0.346 e. The summed E-state index contributed by atoms with van der Waals surface area (Å²) in [6, 6.07) is 8.58. The molecule has 0 N–H and O–H groups in total. The van der Waals surface area contributed by atoms with Gasteiger partial charge >= 0.3 is 0 Å². The van der Waals surface area contributed by atoms with Crippen LogP contribution in [0.25, 0.3) is 10.9 Å². The van der Waals surface area contributed by atoms with Crippen LogP contribution in [0.2, 0.25) is 0 Å². The van der Waals surface area contributed by atoms with Crippen molar-refractivity contribution in [2.75, 3.05) is 18.8 Å². The van der Waals surface area contributed by atoms with E-state index in [9.17, 15) is 4.79 Å². The van der Waals surface area contributed by atoms with Crippen LogP contribution in [0.5, 0.6) is 0 Å². The SMILES string of the molecule is O=C(CSc1cn(CC2CC2)c2ccccc12)N1CCCC1. The smallest absolute Gasteiger partial charge is 0.232 e. The molecule has 0 unspecified atom stereocenters. The maximum Gasteiger partial charge on any atom is 0.232 e. The molecule has 22 heavy (non-hydrogen) atoms. The molecule has 1 aromatic carbocycles. The Balaban J connectivity index is 1.51. The van der Waals surface area contributed by atoms with Gasteiger partial charge < -0.3 is 9.47 Å². The maximum atomic E-state index is 12.2. The molecule has 116 valence electrons. The van der Waals surface area contributed by atoms with Crippen molar-refractivity contribution in [1.82, 2.24) is 9.47 Å². The first kappa shape index (κ1) is 14.2. The fourth-order valence-electron chi connectivity index (χ4n) is 3.26. The van der Waals surface area contributed by atoms with Crippen molar-refractivity contribution in [3.05, 3.63) is 30.5 Å². The van der Waals surface area contributed by atoms with Crippen LogP contribution in [0, 0.1) is 5.92 Å². The molecule has 0 spiro atoms. The zero-order valence-electron chi connectivity index (χ0n) is 12.8. The molecule has 1 aromatic heterocycles. The summed E-state index contributed by atoms with van der Waals surface area (Å²) < 4.78 is 2.38. The van der Waals surface area contributed by atoms with Crippen LogP contribution in [0.15, 0.2) is 35.4 Å². The zero-order chi connectivity index (χ0) is 14.9. The number of carbonyl (C=O) groups excluding carboxylic acids is 1. The summed E-state index contributed by atoms with van der Waals surface area (Å²) in [6.07, 6.45) is 7.31. The quantitative estimate of drug-likeness (QED) is 0.785. The highest BCUT2D eigenvalue weighted by Crippen LogP contribution is 2.35. The average Bonchev–Trinajstić information content (AvgIpc) is 3.07. The number of likely N-dealkylation sites (tertiary alicyclic amines) is 1. The van der Waals surface area contributed by atoms with Crippen molar-refractivity contribution in [2.45, 2.75) is 37.1 Å². The molecular weight excluding hydrogens is 292 g/mol. The minimum atomic E-state index is 0.293. The molecule has 0 radical (unpaired) electrons. The number of hydrogen-bond donors (Lipinski definition) is 0. The summed E-state index contributed by atoms with van der Waals surface area (Å²) in [5, 5.41) is 1.29. The number of amides is 1. The Hall–Kier alpha value is -1.42. The third-order valence-corrected chi connectivity index (χ3v) is 5.74. The molecule has 1 saturated heterocycles. The molecule has 2 aromatic rings. The van der Waals surface area contributed by atoms with Crippen molar-refractivity contribution in [3.8, 4) is 0 Å². The molecule has 2 fully saturated rings. The Morgan fingerprint density at radius 1 is 1.18 bits per heavy atom. The van der Waals surface area contributed by atoms with Gasteiger partial charge in [-0.15, -0.1) is 11.8 Å². The normalized spacial score (nSPS) is 18.3. The van der Waals surface area contributed by atoms with Crippen molar-refractivity contribution in [3.63, 3.8) is 0 Å². The Morgan fingerprint density at radius 2 is 1.95 bits per heavy atom. The Bertz CT molecular complexity index is 683. The van der Waals surface area contributed by atoms with Crippen LogP contribution in [-0.4, -0.2) is 34.2 Å². The molecule has 4 rings (SSSR count). The molecule has 3 nitrogen and oxygen atoms in total. The number of nitrogens with zero attached hydrogens (tertiary/aromatic N) is 2. The number of hydrogen-bond acceptors (Lipinski definition) is 2. The third kappa shape index (κ3) is 2.89. The molecule has 1 saturated carbocycles. The van der Waals surface area contributed by atoms with Gasteiger partial charge in [0, 0.05) is 41.6 Å².